The fourth-order valence-corrected chi connectivity index (χ4v) is 4.28. The van der Waals surface area contributed by atoms with Crippen molar-refractivity contribution >= 4 is 17.8 Å². The van der Waals surface area contributed by atoms with Gasteiger partial charge in [0.2, 0.25) is 5.91 Å². The van der Waals surface area contributed by atoms with E-state index in [0.717, 1.165) is 28.9 Å². The first-order valence-corrected chi connectivity index (χ1v) is 11.0. The second-order valence-corrected chi connectivity index (χ2v) is 8.99. The zero-order valence-electron chi connectivity index (χ0n) is 18.5. The van der Waals surface area contributed by atoms with Crippen molar-refractivity contribution in [3.05, 3.63) is 71.3 Å². The van der Waals surface area contributed by atoms with Crippen molar-refractivity contribution in [3.63, 3.8) is 0 Å². The molecule has 0 spiro atoms. The van der Waals surface area contributed by atoms with Gasteiger partial charge in [0.25, 0.3) is 5.91 Å². The molecule has 1 heterocycles. The molecule has 0 bridgehead atoms. The summed E-state index contributed by atoms with van der Waals surface area (Å²) in [7, 11) is 0. The molecule has 2 atom stereocenters. The van der Waals surface area contributed by atoms with E-state index in [2.05, 4.69) is 5.32 Å². The molecule has 2 fully saturated rings. The lowest BCUT2D eigenvalue weighted by Crippen LogP contribution is -2.47. The van der Waals surface area contributed by atoms with Crippen LogP contribution in [0.2, 0.25) is 0 Å². The number of imide groups is 1. The number of nitrogens with one attached hydrogen (secondary N) is 1. The molecule has 1 saturated heterocycles. The van der Waals surface area contributed by atoms with Crippen molar-refractivity contribution in [2.75, 3.05) is 13.1 Å². The van der Waals surface area contributed by atoms with Gasteiger partial charge in [0, 0.05) is 6.54 Å². The summed E-state index contributed by atoms with van der Waals surface area (Å²) in [5.41, 5.74) is 1.70. The lowest BCUT2D eigenvalue weighted by molar-refractivity contribution is -0.140. The number of carbonyl (C=O) groups is 3. The van der Waals surface area contributed by atoms with Crippen molar-refractivity contribution in [1.29, 1.82) is 0 Å². The van der Waals surface area contributed by atoms with Gasteiger partial charge in [-0.3, -0.25) is 14.5 Å². The molecular formula is C25H29N3O4. The molecule has 0 aromatic heterocycles. The first kappa shape index (κ1) is 22.0. The van der Waals surface area contributed by atoms with Crippen LogP contribution < -0.4 is 5.32 Å². The Labute approximate surface area is 188 Å². The number of hydrogen-bond acceptors (Lipinski definition) is 4. The zero-order valence-corrected chi connectivity index (χ0v) is 18.5. The molecule has 32 heavy (non-hydrogen) atoms. The number of amides is 4. The number of hydrogen-bond donors (Lipinski definition) is 2. The molecular weight excluding hydrogens is 406 g/mol. The van der Waals surface area contributed by atoms with E-state index in [9.17, 15) is 19.5 Å². The van der Waals surface area contributed by atoms with Gasteiger partial charge in [-0.2, -0.15) is 0 Å². The van der Waals surface area contributed by atoms with Crippen LogP contribution in [0, 0.1) is 12.8 Å². The van der Waals surface area contributed by atoms with Gasteiger partial charge in [0.15, 0.2) is 0 Å². The Hall–Kier alpha value is -3.19. The molecule has 1 aliphatic heterocycles. The number of nitrogens with zero attached hydrogens (tertiary/aromatic N) is 2. The number of carbonyl (C=O) groups excluding carboxylic acids is 3. The maximum atomic E-state index is 13.3. The summed E-state index contributed by atoms with van der Waals surface area (Å²) in [5.74, 6) is -0.607. The molecule has 1 saturated carbocycles. The number of aryl methyl sites for hydroxylation is 1. The monoisotopic (exact) mass is 435 g/mol. The Morgan fingerprint density at radius 3 is 2.56 bits per heavy atom. The summed E-state index contributed by atoms with van der Waals surface area (Å²) in [6.07, 6.45) is 0.905. The van der Waals surface area contributed by atoms with Gasteiger partial charge in [0.05, 0.1) is 12.6 Å². The third-order valence-corrected chi connectivity index (χ3v) is 6.38. The van der Waals surface area contributed by atoms with Gasteiger partial charge < -0.3 is 15.3 Å². The van der Waals surface area contributed by atoms with E-state index in [0.29, 0.717) is 5.56 Å². The van der Waals surface area contributed by atoms with Gasteiger partial charge >= 0.3 is 6.03 Å². The predicted octanol–water partition coefficient (Wildman–Crippen LogP) is 2.78. The number of aliphatic hydroxyl groups is 1. The summed E-state index contributed by atoms with van der Waals surface area (Å²) in [6, 6.07) is 16.4. The molecule has 0 unspecified atom stereocenters. The van der Waals surface area contributed by atoms with Crippen LogP contribution in [-0.2, 0) is 16.1 Å². The van der Waals surface area contributed by atoms with Gasteiger partial charge in [-0.25, -0.2) is 4.79 Å². The van der Waals surface area contributed by atoms with Crippen LogP contribution in [0.1, 0.15) is 42.6 Å². The molecule has 168 valence electrons. The second kappa shape index (κ2) is 8.74. The van der Waals surface area contributed by atoms with Crippen LogP contribution in [0.4, 0.5) is 4.79 Å². The van der Waals surface area contributed by atoms with Crippen LogP contribution in [0.5, 0.6) is 0 Å². The highest BCUT2D eigenvalue weighted by molar-refractivity contribution is 6.09. The Balaban J connectivity index is 1.51. The molecule has 4 amide bonds. The summed E-state index contributed by atoms with van der Waals surface area (Å²) < 4.78 is 0. The zero-order chi connectivity index (χ0) is 22.9. The minimum Gasteiger partial charge on any atom is -0.387 e. The summed E-state index contributed by atoms with van der Waals surface area (Å²) in [4.78, 5) is 41.2. The minimum absolute atomic E-state index is 0.0563. The molecule has 7 heteroatoms. The largest absolute Gasteiger partial charge is 0.387 e. The normalized spacial score (nSPS) is 21.4. The second-order valence-electron chi connectivity index (χ2n) is 8.99. The lowest BCUT2D eigenvalue weighted by atomic mass is 9.96. The molecule has 2 N–H and O–H groups in total. The SMILES string of the molecule is Cc1cccc([C@@H](O)CN(Cc2ccccc2)C(=O)CN2C(=O)N[C@](C)(C3CC3)C2=O)c1. The maximum Gasteiger partial charge on any atom is 0.325 e. The first-order chi connectivity index (χ1) is 15.3. The highest BCUT2D eigenvalue weighted by Crippen LogP contribution is 2.42. The fraction of sp³-hybridized carbons (Fsp3) is 0.400. The van der Waals surface area contributed by atoms with E-state index in [1.165, 1.54) is 4.90 Å². The van der Waals surface area contributed by atoms with Crippen LogP contribution in [0.3, 0.4) is 0 Å². The average molecular weight is 436 g/mol. The van der Waals surface area contributed by atoms with Crippen LogP contribution in [0.25, 0.3) is 0 Å². The first-order valence-electron chi connectivity index (χ1n) is 11.0. The number of benzene rings is 2. The Morgan fingerprint density at radius 2 is 1.91 bits per heavy atom. The van der Waals surface area contributed by atoms with Crippen LogP contribution in [-0.4, -0.2) is 51.4 Å². The number of urea groups is 1. The van der Waals surface area contributed by atoms with Gasteiger partial charge in [-0.15, -0.1) is 0 Å². The molecule has 2 aliphatic rings. The van der Waals surface area contributed by atoms with Crippen molar-refractivity contribution in [2.45, 2.75) is 44.9 Å². The molecule has 2 aromatic rings. The number of rotatable bonds is 8. The van der Waals surface area contributed by atoms with E-state index in [1.54, 1.807) is 6.92 Å². The topological polar surface area (TPSA) is 89.9 Å². The van der Waals surface area contributed by atoms with Crippen molar-refractivity contribution < 1.29 is 19.5 Å². The van der Waals surface area contributed by atoms with Gasteiger partial charge in [-0.05, 0) is 43.7 Å². The van der Waals surface area contributed by atoms with Gasteiger partial charge in [-0.1, -0.05) is 60.2 Å². The molecule has 7 nitrogen and oxygen atoms in total. The third kappa shape index (κ3) is 4.53. The van der Waals surface area contributed by atoms with E-state index < -0.39 is 17.7 Å². The van der Waals surface area contributed by atoms with E-state index in [4.69, 9.17) is 0 Å². The smallest absolute Gasteiger partial charge is 0.325 e. The highest BCUT2D eigenvalue weighted by Gasteiger charge is 2.56. The molecule has 0 radical (unpaired) electrons. The summed E-state index contributed by atoms with van der Waals surface area (Å²) >= 11 is 0. The number of aliphatic hydroxyl groups excluding tert-OH is 1. The molecule has 1 aliphatic carbocycles. The molecule has 4 rings (SSSR count). The van der Waals surface area contributed by atoms with Gasteiger partial charge in [0.1, 0.15) is 12.1 Å². The lowest BCUT2D eigenvalue weighted by Gasteiger charge is -2.27. The van der Waals surface area contributed by atoms with Crippen molar-refractivity contribution in [3.8, 4) is 0 Å². The Kier molecular flexibility index (Phi) is 6.02. The minimum atomic E-state index is -0.928. The van der Waals surface area contributed by atoms with E-state index >= 15 is 0 Å². The summed E-state index contributed by atoms with van der Waals surface area (Å²) in [6.45, 7) is 3.66. The Morgan fingerprint density at radius 1 is 1.19 bits per heavy atom. The standard InChI is InChI=1S/C25H29N3O4/c1-17-7-6-10-19(13-17)21(29)15-27(14-18-8-4-3-5-9-18)22(30)16-28-23(31)25(2,20-11-12-20)26-24(28)32/h3-10,13,20-21,29H,11-12,14-16H2,1-2H3,(H,26,32)/t21-,25+/m0/s1. The average Bonchev–Trinajstić information content (AvgIpc) is 3.60. The summed E-state index contributed by atoms with van der Waals surface area (Å²) in [5, 5.41) is 13.6. The molecule has 2 aromatic carbocycles. The quantitative estimate of drug-likeness (QED) is 0.624. The van der Waals surface area contributed by atoms with E-state index in [-0.39, 0.29) is 37.4 Å². The fourth-order valence-electron chi connectivity index (χ4n) is 4.28. The van der Waals surface area contributed by atoms with Crippen LogP contribution >= 0.6 is 0 Å². The highest BCUT2D eigenvalue weighted by atomic mass is 16.3. The predicted molar refractivity (Wildman–Crippen MR) is 119 cm³/mol. The Bertz CT molecular complexity index is 1020. The third-order valence-electron chi connectivity index (χ3n) is 6.38. The van der Waals surface area contributed by atoms with Crippen molar-refractivity contribution in [1.82, 2.24) is 15.1 Å². The van der Waals surface area contributed by atoms with E-state index in [1.807, 2.05) is 61.5 Å². The maximum absolute atomic E-state index is 13.3. The van der Waals surface area contributed by atoms with Crippen LogP contribution in [0.15, 0.2) is 54.6 Å². The van der Waals surface area contributed by atoms with Crippen molar-refractivity contribution in [2.24, 2.45) is 5.92 Å².